The lowest BCUT2D eigenvalue weighted by Crippen LogP contribution is -2.36. The Labute approximate surface area is 155 Å². The number of benzene rings is 1. The summed E-state index contributed by atoms with van der Waals surface area (Å²) in [6, 6.07) is 6.01. The van der Waals surface area contributed by atoms with E-state index in [1.54, 1.807) is 5.38 Å². The minimum absolute atomic E-state index is 0.119. The molecule has 1 aromatic carbocycles. The highest BCUT2D eigenvalue weighted by atomic mass is 32.2. The number of rotatable bonds is 6. The van der Waals surface area contributed by atoms with E-state index in [-0.39, 0.29) is 11.9 Å². The lowest BCUT2D eigenvalue weighted by Gasteiger charge is -2.16. The molecule has 0 spiro atoms. The first-order chi connectivity index (χ1) is 11.9. The van der Waals surface area contributed by atoms with Gasteiger partial charge in [-0.2, -0.15) is 0 Å². The van der Waals surface area contributed by atoms with Gasteiger partial charge < -0.3 is 9.73 Å². The van der Waals surface area contributed by atoms with Crippen molar-refractivity contribution in [2.45, 2.75) is 44.7 Å². The molecule has 7 heteroatoms. The number of thiazole rings is 1. The predicted octanol–water partition coefficient (Wildman–Crippen LogP) is 4.66. The minimum atomic E-state index is -0.119. The molecule has 2 aromatic heterocycles. The van der Waals surface area contributed by atoms with Gasteiger partial charge in [-0.05, 0) is 31.4 Å². The quantitative estimate of drug-likeness (QED) is 0.635. The Hall–Kier alpha value is -1.86. The lowest BCUT2D eigenvalue weighted by molar-refractivity contribution is 0.0926. The molecule has 132 valence electrons. The summed E-state index contributed by atoms with van der Waals surface area (Å²) in [5.41, 5.74) is 3.26. The second kappa shape index (κ2) is 7.58. The molecule has 0 fully saturated rings. The Morgan fingerprint density at radius 3 is 2.84 bits per heavy atom. The fourth-order valence-electron chi connectivity index (χ4n) is 2.18. The van der Waals surface area contributed by atoms with Gasteiger partial charge in [0.1, 0.15) is 16.2 Å². The Kier molecular flexibility index (Phi) is 5.44. The van der Waals surface area contributed by atoms with Crippen molar-refractivity contribution in [1.29, 1.82) is 0 Å². The first-order valence-electron chi connectivity index (χ1n) is 8.18. The van der Waals surface area contributed by atoms with Crippen LogP contribution in [-0.4, -0.2) is 21.9 Å². The summed E-state index contributed by atoms with van der Waals surface area (Å²) in [6.45, 7) is 8.18. The second-order valence-electron chi connectivity index (χ2n) is 6.32. The molecule has 2 heterocycles. The van der Waals surface area contributed by atoms with E-state index in [2.05, 4.69) is 29.1 Å². The SMILES string of the molecule is Cc1cccc2oc(SCc3nc(C(=O)NC(C)C(C)C)cs3)nc12. The van der Waals surface area contributed by atoms with Gasteiger partial charge in [-0.15, -0.1) is 11.3 Å². The summed E-state index contributed by atoms with van der Waals surface area (Å²) in [6.07, 6.45) is 0. The van der Waals surface area contributed by atoms with Crippen LogP contribution in [0, 0.1) is 12.8 Å². The molecule has 3 aromatic rings. The number of para-hydroxylation sites is 1. The van der Waals surface area contributed by atoms with E-state index < -0.39 is 0 Å². The summed E-state index contributed by atoms with van der Waals surface area (Å²) in [4.78, 5) is 21.1. The molecule has 1 atom stereocenters. The number of carbonyl (C=O) groups excluding carboxylic acids is 1. The van der Waals surface area contributed by atoms with Crippen LogP contribution in [0.2, 0.25) is 0 Å². The zero-order valence-corrected chi connectivity index (χ0v) is 16.3. The summed E-state index contributed by atoms with van der Waals surface area (Å²) < 4.78 is 5.75. The summed E-state index contributed by atoms with van der Waals surface area (Å²) >= 11 is 2.97. The van der Waals surface area contributed by atoms with Crippen molar-refractivity contribution >= 4 is 40.1 Å². The Balaban J connectivity index is 1.63. The number of aromatic nitrogens is 2. The number of nitrogens with one attached hydrogen (secondary N) is 1. The molecule has 1 N–H and O–H groups in total. The molecular weight excluding hydrogens is 354 g/mol. The van der Waals surface area contributed by atoms with E-state index in [0.717, 1.165) is 21.7 Å². The molecular formula is C18H21N3O2S2. The van der Waals surface area contributed by atoms with Gasteiger partial charge in [0.25, 0.3) is 11.1 Å². The van der Waals surface area contributed by atoms with Gasteiger partial charge in [-0.25, -0.2) is 9.97 Å². The van der Waals surface area contributed by atoms with E-state index in [1.807, 2.05) is 32.0 Å². The van der Waals surface area contributed by atoms with Crippen LogP contribution in [0.15, 0.2) is 33.2 Å². The maximum Gasteiger partial charge on any atom is 0.270 e. The smallest absolute Gasteiger partial charge is 0.270 e. The Morgan fingerprint density at radius 2 is 2.12 bits per heavy atom. The van der Waals surface area contributed by atoms with Crippen LogP contribution in [-0.2, 0) is 5.75 Å². The topological polar surface area (TPSA) is 68.0 Å². The van der Waals surface area contributed by atoms with Gasteiger partial charge >= 0.3 is 0 Å². The molecule has 0 saturated carbocycles. The van der Waals surface area contributed by atoms with Crippen molar-refractivity contribution < 1.29 is 9.21 Å². The molecule has 5 nitrogen and oxygen atoms in total. The van der Waals surface area contributed by atoms with Gasteiger partial charge in [-0.3, -0.25) is 4.79 Å². The van der Waals surface area contributed by atoms with Crippen LogP contribution in [0.1, 0.15) is 41.8 Å². The van der Waals surface area contributed by atoms with Gasteiger partial charge in [-0.1, -0.05) is 37.7 Å². The third kappa shape index (κ3) is 4.22. The standard InChI is InChI=1S/C18H21N3O2S2/c1-10(2)12(4)19-17(22)13-8-24-15(20-13)9-25-18-21-16-11(3)6-5-7-14(16)23-18/h5-8,10,12H,9H2,1-4H3,(H,19,22). The number of thioether (sulfide) groups is 1. The van der Waals surface area contributed by atoms with Gasteiger partial charge in [0.15, 0.2) is 5.58 Å². The molecule has 0 radical (unpaired) electrons. The average Bonchev–Trinajstić information content (AvgIpc) is 3.20. The molecule has 25 heavy (non-hydrogen) atoms. The maximum absolute atomic E-state index is 12.2. The highest BCUT2D eigenvalue weighted by Gasteiger charge is 2.16. The molecule has 1 unspecified atom stereocenters. The van der Waals surface area contributed by atoms with Gasteiger partial charge in [0, 0.05) is 11.4 Å². The van der Waals surface area contributed by atoms with E-state index in [0.29, 0.717) is 22.6 Å². The van der Waals surface area contributed by atoms with E-state index in [9.17, 15) is 4.79 Å². The average molecular weight is 376 g/mol. The third-order valence-electron chi connectivity index (χ3n) is 4.06. The number of nitrogens with zero attached hydrogens (tertiary/aromatic N) is 2. The largest absolute Gasteiger partial charge is 0.431 e. The molecule has 3 rings (SSSR count). The van der Waals surface area contributed by atoms with Crippen molar-refractivity contribution in [1.82, 2.24) is 15.3 Å². The Bertz CT molecular complexity index is 885. The number of amides is 1. The summed E-state index contributed by atoms with van der Waals surface area (Å²) in [5.74, 6) is 0.898. The second-order valence-corrected chi connectivity index (χ2v) is 8.19. The van der Waals surface area contributed by atoms with E-state index in [1.165, 1.54) is 23.1 Å². The first kappa shape index (κ1) is 17.9. The van der Waals surface area contributed by atoms with Crippen molar-refractivity contribution in [3.63, 3.8) is 0 Å². The molecule has 0 saturated heterocycles. The maximum atomic E-state index is 12.2. The zero-order valence-electron chi connectivity index (χ0n) is 14.7. The van der Waals surface area contributed by atoms with Crippen molar-refractivity contribution in [3.8, 4) is 0 Å². The number of hydrogen-bond acceptors (Lipinski definition) is 6. The number of carbonyl (C=O) groups is 1. The molecule has 1 amide bonds. The highest BCUT2D eigenvalue weighted by Crippen LogP contribution is 2.28. The fraction of sp³-hybridized carbons (Fsp3) is 0.389. The number of aryl methyl sites for hydroxylation is 1. The zero-order chi connectivity index (χ0) is 18.0. The Morgan fingerprint density at radius 1 is 1.32 bits per heavy atom. The monoisotopic (exact) mass is 375 g/mol. The third-order valence-corrected chi connectivity index (χ3v) is 5.93. The van der Waals surface area contributed by atoms with Crippen LogP contribution in [0.25, 0.3) is 11.1 Å². The predicted molar refractivity (Wildman–Crippen MR) is 102 cm³/mol. The number of hydrogen-bond donors (Lipinski definition) is 1. The van der Waals surface area contributed by atoms with E-state index in [4.69, 9.17) is 4.42 Å². The molecule has 0 aliphatic carbocycles. The molecule has 0 bridgehead atoms. The molecule has 0 aliphatic heterocycles. The van der Waals surface area contributed by atoms with Crippen molar-refractivity contribution in [3.05, 3.63) is 39.8 Å². The van der Waals surface area contributed by atoms with Crippen molar-refractivity contribution in [2.75, 3.05) is 0 Å². The van der Waals surface area contributed by atoms with Crippen LogP contribution in [0.4, 0.5) is 0 Å². The molecule has 0 aliphatic rings. The van der Waals surface area contributed by atoms with Gasteiger partial charge in [0.05, 0.1) is 5.75 Å². The number of oxazole rings is 1. The summed E-state index contributed by atoms with van der Waals surface area (Å²) in [7, 11) is 0. The summed E-state index contributed by atoms with van der Waals surface area (Å²) in [5, 5.41) is 6.28. The minimum Gasteiger partial charge on any atom is -0.431 e. The lowest BCUT2D eigenvalue weighted by atomic mass is 10.1. The van der Waals surface area contributed by atoms with Crippen LogP contribution >= 0.6 is 23.1 Å². The highest BCUT2D eigenvalue weighted by molar-refractivity contribution is 7.98. The van der Waals surface area contributed by atoms with Crippen LogP contribution in [0.3, 0.4) is 0 Å². The number of fused-ring (bicyclic) bond motifs is 1. The van der Waals surface area contributed by atoms with Crippen LogP contribution in [0.5, 0.6) is 0 Å². The van der Waals surface area contributed by atoms with E-state index >= 15 is 0 Å². The first-order valence-corrected chi connectivity index (χ1v) is 10.0. The van der Waals surface area contributed by atoms with Crippen molar-refractivity contribution in [2.24, 2.45) is 5.92 Å². The normalized spacial score (nSPS) is 12.7. The fourth-order valence-corrected chi connectivity index (χ4v) is 3.80. The van der Waals surface area contributed by atoms with Crippen LogP contribution < -0.4 is 5.32 Å². The van der Waals surface area contributed by atoms with Gasteiger partial charge in [0.2, 0.25) is 0 Å².